The molecule has 0 unspecified atom stereocenters. The molecule has 1 fully saturated rings. The molecule has 2 aromatic carbocycles. The maximum atomic E-state index is 13.6. The van der Waals surface area contributed by atoms with E-state index in [9.17, 15) is 30.7 Å². The zero-order valence-electron chi connectivity index (χ0n) is 13.8. The average Bonchev–Trinajstić information content (AvgIpc) is 3.39. The highest BCUT2D eigenvalue weighted by molar-refractivity contribution is 5.52. The molecule has 0 saturated heterocycles. The first-order valence-electron chi connectivity index (χ1n) is 8.14. The van der Waals surface area contributed by atoms with Gasteiger partial charge < -0.3 is 5.32 Å². The Labute approximate surface area is 150 Å². The van der Waals surface area contributed by atoms with Gasteiger partial charge in [0.15, 0.2) is 23.3 Å². The normalized spacial score (nSPS) is 19.1. The molecule has 0 aliphatic heterocycles. The predicted molar refractivity (Wildman–Crippen MR) is 84.9 cm³/mol. The first-order valence-corrected chi connectivity index (χ1v) is 8.14. The minimum atomic E-state index is -2.20. The number of halogens is 7. The molecule has 1 aliphatic rings. The fourth-order valence-electron chi connectivity index (χ4n) is 2.81. The summed E-state index contributed by atoms with van der Waals surface area (Å²) >= 11 is 0. The molecular formula is C19H14F7N. The minimum absolute atomic E-state index is 0.0247. The summed E-state index contributed by atoms with van der Waals surface area (Å²) in [5.41, 5.74) is -1.08. The largest absolute Gasteiger partial charge is 0.312 e. The van der Waals surface area contributed by atoms with Gasteiger partial charge in [-0.2, -0.15) is 0 Å². The van der Waals surface area contributed by atoms with E-state index < -0.39 is 46.3 Å². The zero-order chi connectivity index (χ0) is 19.7. The number of hydrogen-bond acceptors (Lipinski definition) is 1. The van der Waals surface area contributed by atoms with E-state index >= 15 is 0 Å². The van der Waals surface area contributed by atoms with Crippen molar-refractivity contribution in [3.8, 4) is 0 Å². The van der Waals surface area contributed by atoms with E-state index in [0.717, 1.165) is 18.2 Å². The molecule has 1 saturated carbocycles. The molecule has 2 aromatic rings. The molecule has 0 aromatic heterocycles. The van der Waals surface area contributed by atoms with Crippen molar-refractivity contribution in [2.75, 3.05) is 6.54 Å². The van der Waals surface area contributed by atoms with Crippen molar-refractivity contribution in [3.63, 3.8) is 0 Å². The fourth-order valence-corrected chi connectivity index (χ4v) is 2.81. The molecule has 0 bridgehead atoms. The minimum Gasteiger partial charge on any atom is -0.312 e. The molecule has 0 radical (unpaired) electrons. The van der Waals surface area contributed by atoms with Gasteiger partial charge in [-0.1, -0.05) is 18.2 Å². The van der Waals surface area contributed by atoms with Crippen LogP contribution in [0.5, 0.6) is 0 Å². The van der Waals surface area contributed by atoms with Gasteiger partial charge in [-0.05, 0) is 36.9 Å². The molecule has 27 heavy (non-hydrogen) atoms. The van der Waals surface area contributed by atoms with E-state index in [4.69, 9.17) is 0 Å². The summed E-state index contributed by atoms with van der Waals surface area (Å²) in [4.78, 5) is 0. The average molecular weight is 389 g/mol. The van der Waals surface area contributed by atoms with Crippen molar-refractivity contribution in [2.45, 2.75) is 13.0 Å². The monoisotopic (exact) mass is 389 g/mol. The fraction of sp³-hybridized carbons (Fsp3) is 0.263. The number of benzene rings is 2. The molecule has 8 heteroatoms. The first-order chi connectivity index (χ1) is 12.8. The van der Waals surface area contributed by atoms with Crippen molar-refractivity contribution in [2.24, 2.45) is 11.8 Å². The van der Waals surface area contributed by atoms with Crippen molar-refractivity contribution < 1.29 is 30.7 Å². The number of hydrogen-bond donors (Lipinski definition) is 1. The smallest absolute Gasteiger partial charge is 0.200 e. The molecule has 0 heterocycles. The Morgan fingerprint density at radius 1 is 0.852 bits per heavy atom. The highest BCUT2D eigenvalue weighted by Gasteiger charge is 2.34. The second kappa shape index (κ2) is 7.72. The van der Waals surface area contributed by atoms with Gasteiger partial charge in [-0.15, -0.1) is 0 Å². The maximum absolute atomic E-state index is 13.6. The van der Waals surface area contributed by atoms with E-state index in [0.29, 0.717) is 13.0 Å². The third kappa shape index (κ3) is 4.00. The van der Waals surface area contributed by atoms with Gasteiger partial charge in [0.2, 0.25) is 5.82 Å². The lowest BCUT2D eigenvalue weighted by Gasteiger charge is -2.06. The molecule has 0 amide bonds. The third-order valence-corrected chi connectivity index (χ3v) is 4.50. The summed E-state index contributed by atoms with van der Waals surface area (Å²) in [6.07, 6.45) is 2.87. The van der Waals surface area contributed by atoms with Crippen LogP contribution in [0.1, 0.15) is 17.5 Å². The lowest BCUT2D eigenvalue weighted by Crippen LogP contribution is -2.18. The van der Waals surface area contributed by atoms with E-state index in [1.807, 2.05) is 0 Å². The zero-order valence-corrected chi connectivity index (χ0v) is 13.8. The van der Waals surface area contributed by atoms with Gasteiger partial charge in [0.25, 0.3) is 0 Å². The standard InChI is InChI=1S/C19H14F7N/c20-13-2-1-3-14(21)12(13)8-27-7-10-6-9(10)4-5-11-15(22)17(24)19(26)18(25)16(11)23/h1-5,9-10,27H,6-8H2/b5-4+/t9-,10-/m0/s1. The van der Waals surface area contributed by atoms with E-state index in [1.54, 1.807) is 0 Å². The van der Waals surface area contributed by atoms with Gasteiger partial charge in [-0.25, -0.2) is 30.7 Å². The number of rotatable bonds is 6. The van der Waals surface area contributed by atoms with Crippen LogP contribution in [0.3, 0.4) is 0 Å². The summed E-state index contributed by atoms with van der Waals surface area (Å²) in [7, 11) is 0. The van der Waals surface area contributed by atoms with Crippen LogP contribution < -0.4 is 5.32 Å². The second-order valence-corrected chi connectivity index (χ2v) is 6.33. The van der Waals surface area contributed by atoms with Crippen molar-refractivity contribution in [3.05, 3.63) is 76.1 Å². The van der Waals surface area contributed by atoms with Crippen LogP contribution in [0.2, 0.25) is 0 Å². The van der Waals surface area contributed by atoms with Gasteiger partial charge in [-0.3, -0.25) is 0 Å². The van der Waals surface area contributed by atoms with Gasteiger partial charge in [0, 0.05) is 12.1 Å². The summed E-state index contributed by atoms with van der Waals surface area (Å²) in [6.45, 7) is 0.364. The van der Waals surface area contributed by atoms with Crippen LogP contribution in [-0.4, -0.2) is 6.54 Å². The van der Waals surface area contributed by atoms with Gasteiger partial charge >= 0.3 is 0 Å². The Hall–Kier alpha value is -2.35. The van der Waals surface area contributed by atoms with Crippen molar-refractivity contribution in [1.82, 2.24) is 5.32 Å². The van der Waals surface area contributed by atoms with Gasteiger partial charge in [0.1, 0.15) is 11.6 Å². The highest BCUT2D eigenvalue weighted by atomic mass is 19.2. The molecular weight excluding hydrogens is 375 g/mol. The van der Waals surface area contributed by atoms with Crippen LogP contribution in [0.25, 0.3) is 6.08 Å². The lowest BCUT2D eigenvalue weighted by atomic mass is 10.1. The summed E-state index contributed by atoms with van der Waals surface area (Å²) in [6, 6.07) is 3.55. The Bertz CT molecular complexity index is 845. The summed E-state index contributed by atoms with van der Waals surface area (Å²) in [5.74, 6) is -11.4. The first kappa shape index (κ1) is 19.4. The Morgan fingerprint density at radius 2 is 1.41 bits per heavy atom. The third-order valence-electron chi connectivity index (χ3n) is 4.50. The van der Waals surface area contributed by atoms with E-state index in [2.05, 4.69) is 5.32 Å². The Balaban J connectivity index is 1.58. The van der Waals surface area contributed by atoms with Crippen LogP contribution >= 0.6 is 0 Å². The maximum Gasteiger partial charge on any atom is 0.200 e. The molecule has 3 rings (SSSR count). The molecule has 1 nitrogen and oxygen atoms in total. The second-order valence-electron chi connectivity index (χ2n) is 6.33. The quantitative estimate of drug-likeness (QED) is 0.412. The lowest BCUT2D eigenvalue weighted by molar-refractivity contribution is 0.377. The van der Waals surface area contributed by atoms with Crippen molar-refractivity contribution in [1.29, 1.82) is 0 Å². The van der Waals surface area contributed by atoms with E-state index in [-0.39, 0.29) is 23.9 Å². The summed E-state index contributed by atoms with van der Waals surface area (Å²) in [5, 5.41) is 2.89. The Morgan fingerprint density at radius 3 is 2.00 bits per heavy atom. The molecule has 0 spiro atoms. The number of nitrogens with one attached hydrogen (secondary N) is 1. The van der Waals surface area contributed by atoms with Crippen LogP contribution in [0, 0.1) is 52.6 Å². The van der Waals surface area contributed by atoms with Crippen molar-refractivity contribution >= 4 is 6.08 Å². The SMILES string of the molecule is Fc1cccc(F)c1CNC[C@@H]1C[C@@H]1/C=C/c1c(F)c(F)c(F)c(F)c1F. The molecule has 2 atom stereocenters. The molecule has 1 N–H and O–H groups in total. The van der Waals surface area contributed by atoms with Crippen LogP contribution in [-0.2, 0) is 6.54 Å². The topological polar surface area (TPSA) is 12.0 Å². The molecule has 1 aliphatic carbocycles. The van der Waals surface area contributed by atoms with Crippen LogP contribution in [0.15, 0.2) is 24.3 Å². The summed E-state index contributed by atoms with van der Waals surface area (Å²) < 4.78 is 93.4. The predicted octanol–water partition coefficient (Wildman–Crippen LogP) is 5.10. The van der Waals surface area contributed by atoms with Crippen LogP contribution in [0.4, 0.5) is 30.7 Å². The molecule has 144 valence electrons. The number of allylic oxidation sites excluding steroid dienone is 1. The van der Waals surface area contributed by atoms with Gasteiger partial charge in [0.05, 0.1) is 5.56 Å². The van der Waals surface area contributed by atoms with E-state index in [1.165, 1.54) is 12.1 Å². The highest BCUT2D eigenvalue weighted by Crippen LogP contribution is 2.40. The Kier molecular flexibility index (Phi) is 5.55.